The Kier molecular flexibility index (Phi) is 5.00. The number of amides is 3. The lowest BCUT2D eigenvalue weighted by atomic mass is 10.1. The van der Waals surface area contributed by atoms with Gasteiger partial charge in [0.05, 0.1) is 13.1 Å². The lowest BCUT2D eigenvalue weighted by Crippen LogP contribution is -2.49. The van der Waals surface area contributed by atoms with E-state index in [1.807, 2.05) is 35.2 Å². The molecule has 0 saturated carbocycles. The van der Waals surface area contributed by atoms with Gasteiger partial charge in [0.1, 0.15) is 11.3 Å². The molecule has 1 aromatic heterocycles. The normalized spacial score (nSPS) is 16.2. The minimum Gasteiger partial charge on any atom is -0.459 e. The number of hydrogen-bond donors (Lipinski definition) is 3. The number of carbonyl (C=O) groups is 2. The van der Waals surface area contributed by atoms with Gasteiger partial charge in [-0.1, -0.05) is 18.2 Å². The number of carbonyl (C=O) groups excluding carboxylic acids is 2. The first-order chi connectivity index (χ1) is 11.6. The van der Waals surface area contributed by atoms with Gasteiger partial charge in [-0.2, -0.15) is 0 Å². The van der Waals surface area contributed by atoms with Crippen molar-refractivity contribution < 1.29 is 14.0 Å². The maximum absolute atomic E-state index is 12.0. The van der Waals surface area contributed by atoms with E-state index in [2.05, 4.69) is 10.6 Å². The quantitative estimate of drug-likeness (QED) is 0.766. The van der Waals surface area contributed by atoms with Crippen LogP contribution in [0.4, 0.5) is 4.79 Å². The number of urea groups is 1. The molecular formula is C17H22N4O3. The Hall–Kier alpha value is -2.54. The van der Waals surface area contributed by atoms with Crippen LogP contribution in [0.15, 0.2) is 34.7 Å². The molecule has 1 aliphatic rings. The number of nitrogens with two attached hydrogens (primary N) is 1. The summed E-state index contributed by atoms with van der Waals surface area (Å²) in [6.45, 7) is 2.15. The monoisotopic (exact) mass is 330 g/mol. The molecule has 7 heteroatoms. The topological polar surface area (TPSA) is 101 Å². The maximum Gasteiger partial charge on any atom is 0.315 e. The second kappa shape index (κ2) is 7.35. The largest absolute Gasteiger partial charge is 0.459 e. The molecular weight excluding hydrogens is 308 g/mol. The molecule has 128 valence electrons. The van der Waals surface area contributed by atoms with Crippen molar-refractivity contribution in [2.45, 2.75) is 25.4 Å². The first kappa shape index (κ1) is 16.3. The van der Waals surface area contributed by atoms with Crippen molar-refractivity contribution in [2.75, 3.05) is 19.6 Å². The van der Waals surface area contributed by atoms with Gasteiger partial charge < -0.3 is 20.8 Å². The van der Waals surface area contributed by atoms with Crippen LogP contribution in [0.2, 0.25) is 0 Å². The number of furan rings is 1. The smallest absolute Gasteiger partial charge is 0.315 e. The molecule has 3 amide bonds. The molecule has 2 heterocycles. The van der Waals surface area contributed by atoms with Crippen molar-refractivity contribution in [1.82, 2.24) is 15.5 Å². The van der Waals surface area contributed by atoms with Crippen LogP contribution in [-0.2, 0) is 11.3 Å². The molecule has 0 bridgehead atoms. The average molecular weight is 330 g/mol. The third kappa shape index (κ3) is 4.26. The number of piperidine rings is 1. The highest BCUT2D eigenvalue weighted by Gasteiger charge is 2.21. The highest BCUT2D eigenvalue weighted by atomic mass is 16.3. The summed E-state index contributed by atoms with van der Waals surface area (Å²) >= 11 is 0. The second-order valence-electron chi connectivity index (χ2n) is 6.09. The van der Waals surface area contributed by atoms with Crippen molar-refractivity contribution in [3.63, 3.8) is 0 Å². The molecule has 7 nitrogen and oxygen atoms in total. The minimum atomic E-state index is -0.315. The predicted octanol–water partition coefficient (Wildman–Crippen LogP) is 1.18. The SMILES string of the molecule is NC(=O)CN1CCC(NC(=O)NCc2cc3ccccc3o2)CC1. The van der Waals surface area contributed by atoms with Gasteiger partial charge in [-0.05, 0) is 25.0 Å². The second-order valence-corrected chi connectivity index (χ2v) is 6.09. The van der Waals surface area contributed by atoms with E-state index in [0.29, 0.717) is 6.54 Å². The molecule has 1 saturated heterocycles. The number of fused-ring (bicyclic) bond motifs is 1. The molecule has 1 aromatic carbocycles. The van der Waals surface area contributed by atoms with Crippen LogP contribution in [0, 0.1) is 0 Å². The summed E-state index contributed by atoms with van der Waals surface area (Å²) in [4.78, 5) is 24.9. The fraction of sp³-hybridized carbons (Fsp3) is 0.412. The molecule has 3 rings (SSSR count). The van der Waals surface area contributed by atoms with Crippen LogP contribution in [0.3, 0.4) is 0 Å². The van der Waals surface area contributed by atoms with E-state index in [4.69, 9.17) is 10.2 Å². The highest BCUT2D eigenvalue weighted by molar-refractivity contribution is 5.78. The zero-order valence-corrected chi connectivity index (χ0v) is 13.5. The average Bonchev–Trinajstić information content (AvgIpc) is 2.97. The Balaban J connectivity index is 1.42. The van der Waals surface area contributed by atoms with E-state index in [9.17, 15) is 9.59 Å². The summed E-state index contributed by atoms with van der Waals surface area (Å²) < 4.78 is 5.67. The number of benzene rings is 1. The Morgan fingerprint density at radius 3 is 2.71 bits per heavy atom. The lowest BCUT2D eigenvalue weighted by Gasteiger charge is -2.31. The van der Waals surface area contributed by atoms with Crippen molar-refractivity contribution in [2.24, 2.45) is 5.73 Å². The molecule has 4 N–H and O–H groups in total. The van der Waals surface area contributed by atoms with E-state index in [1.54, 1.807) is 0 Å². The van der Waals surface area contributed by atoms with E-state index >= 15 is 0 Å². The summed E-state index contributed by atoms with van der Waals surface area (Å²) in [6.07, 6.45) is 1.62. The van der Waals surface area contributed by atoms with Gasteiger partial charge in [0.25, 0.3) is 0 Å². The van der Waals surface area contributed by atoms with Gasteiger partial charge in [0.15, 0.2) is 0 Å². The minimum absolute atomic E-state index is 0.116. The number of nitrogens with one attached hydrogen (secondary N) is 2. The van der Waals surface area contributed by atoms with Gasteiger partial charge >= 0.3 is 6.03 Å². The van der Waals surface area contributed by atoms with Crippen LogP contribution in [0.1, 0.15) is 18.6 Å². The zero-order chi connectivity index (χ0) is 16.9. The van der Waals surface area contributed by atoms with Crippen LogP contribution < -0.4 is 16.4 Å². The molecule has 1 fully saturated rings. The third-order valence-electron chi connectivity index (χ3n) is 4.20. The maximum atomic E-state index is 12.0. The Bertz CT molecular complexity index is 686. The summed E-state index contributed by atoms with van der Waals surface area (Å²) in [5, 5.41) is 6.81. The van der Waals surface area contributed by atoms with Gasteiger partial charge in [0.2, 0.25) is 5.91 Å². The molecule has 2 aromatic rings. The number of hydrogen-bond acceptors (Lipinski definition) is 4. The van der Waals surface area contributed by atoms with Crippen LogP contribution >= 0.6 is 0 Å². The van der Waals surface area contributed by atoms with E-state index in [0.717, 1.165) is 42.7 Å². The van der Waals surface area contributed by atoms with Crippen molar-refractivity contribution in [3.8, 4) is 0 Å². The number of likely N-dealkylation sites (tertiary alicyclic amines) is 1. The van der Waals surface area contributed by atoms with Crippen molar-refractivity contribution >= 4 is 22.9 Å². The molecule has 1 aliphatic heterocycles. The van der Waals surface area contributed by atoms with Gasteiger partial charge in [-0.3, -0.25) is 9.69 Å². The first-order valence-electron chi connectivity index (χ1n) is 8.12. The van der Waals surface area contributed by atoms with Crippen molar-refractivity contribution in [3.05, 3.63) is 36.1 Å². The summed E-state index contributed by atoms with van der Waals surface area (Å²) in [5.41, 5.74) is 6.01. The van der Waals surface area contributed by atoms with Gasteiger partial charge in [-0.25, -0.2) is 4.79 Å². The number of para-hydroxylation sites is 1. The molecule has 0 unspecified atom stereocenters. The van der Waals surface area contributed by atoms with Crippen LogP contribution in [0.5, 0.6) is 0 Å². The predicted molar refractivity (Wildman–Crippen MR) is 90.2 cm³/mol. The number of nitrogens with zero attached hydrogens (tertiary/aromatic N) is 1. The van der Waals surface area contributed by atoms with E-state index in [-0.39, 0.29) is 24.5 Å². The fourth-order valence-corrected chi connectivity index (χ4v) is 2.98. The summed E-state index contributed by atoms with van der Waals surface area (Å²) in [5.74, 6) is 0.410. The Morgan fingerprint density at radius 1 is 1.25 bits per heavy atom. The summed E-state index contributed by atoms with van der Waals surface area (Å²) in [6, 6.07) is 9.58. The van der Waals surface area contributed by atoms with E-state index in [1.165, 1.54) is 0 Å². The lowest BCUT2D eigenvalue weighted by molar-refractivity contribution is -0.119. The third-order valence-corrected chi connectivity index (χ3v) is 4.20. The Morgan fingerprint density at radius 2 is 2.00 bits per heavy atom. The van der Waals surface area contributed by atoms with E-state index < -0.39 is 0 Å². The van der Waals surface area contributed by atoms with Crippen LogP contribution in [0.25, 0.3) is 11.0 Å². The molecule has 24 heavy (non-hydrogen) atoms. The molecule has 0 aliphatic carbocycles. The zero-order valence-electron chi connectivity index (χ0n) is 13.5. The molecule has 0 atom stereocenters. The van der Waals surface area contributed by atoms with Gasteiger partial charge in [-0.15, -0.1) is 0 Å². The molecule has 0 radical (unpaired) electrons. The number of primary amides is 1. The Labute approximate surface area is 140 Å². The fourth-order valence-electron chi connectivity index (χ4n) is 2.98. The summed E-state index contributed by atoms with van der Waals surface area (Å²) in [7, 11) is 0. The standard InChI is InChI=1S/C17H22N4O3/c18-16(22)11-21-7-5-13(6-8-21)20-17(23)19-10-14-9-12-3-1-2-4-15(12)24-14/h1-4,9,13H,5-8,10-11H2,(H2,18,22)(H2,19,20,23). The first-order valence-corrected chi connectivity index (χ1v) is 8.12. The molecule has 0 spiro atoms. The number of rotatable bonds is 5. The highest BCUT2D eigenvalue weighted by Crippen LogP contribution is 2.18. The van der Waals surface area contributed by atoms with Crippen LogP contribution in [-0.4, -0.2) is 42.5 Å². The van der Waals surface area contributed by atoms with Crippen molar-refractivity contribution in [1.29, 1.82) is 0 Å². The van der Waals surface area contributed by atoms with Gasteiger partial charge in [0, 0.05) is 24.5 Å².